The van der Waals surface area contributed by atoms with Crippen LogP contribution in [0, 0.1) is 5.92 Å². The first-order valence-electron chi connectivity index (χ1n) is 6.18. The number of thiazole rings is 1. The molecule has 18 heavy (non-hydrogen) atoms. The van der Waals surface area contributed by atoms with Crippen molar-refractivity contribution in [3.63, 3.8) is 0 Å². The Balaban J connectivity index is 2.64. The van der Waals surface area contributed by atoms with E-state index in [9.17, 15) is 4.79 Å². The van der Waals surface area contributed by atoms with Gasteiger partial charge in [0.15, 0.2) is 5.13 Å². The van der Waals surface area contributed by atoms with Crippen LogP contribution in [0.25, 0.3) is 0 Å². The van der Waals surface area contributed by atoms with E-state index >= 15 is 0 Å². The molecule has 1 unspecified atom stereocenters. The smallest absolute Gasteiger partial charge is 0.311 e. The highest BCUT2D eigenvalue weighted by molar-refractivity contribution is 7.13. The van der Waals surface area contributed by atoms with Crippen LogP contribution >= 0.6 is 11.3 Å². The lowest BCUT2D eigenvalue weighted by Crippen LogP contribution is -2.29. The van der Waals surface area contributed by atoms with E-state index in [0.29, 0.717) is 12.0 Å². The largest absolute Gasteiger partial charge is 0.469 e. The van der Waals surface area contributed by atoms with Gasteiger partial charge in [-0.3, -0.25) is 4.79 Å². The first-order valence-corrected chi connectivity index (χ1v) is 7.06. The van der Waals surface area contributed by atoms with Gasteiger partial charge in [-0.15, -0.1) is 11.3 Å². The van der Waals surface area contributed by atoms with Gasteiger partial charge < -0.3 is 9.64 Å². The van der Waals surface area contributed by atoms with E-state index in [-0.39, 0.29) is 12.4 Å². The van der Waals surface area contributed by atoms with Crippen LogP contribution < -0.4 is 4.90 Å². The summed E-state index contributed by atoms with van der Waals surface area (Å²) < 4.78 is 4.64. The average molecular weight is 270 g/mol. The number of hydrogen-bond acceptors (Lipinski definition) is 5. The van der Waals surface area contributed by atoms with Crippen molar-refractivity contribution < 1.29 is 9.53 Å². The molecule has 1 rings (SSSR count). The van der Waals surface area contributed by atoms with Crippen LogP contribution in [-0.2, 0) is 16.0 Å². The predicted octanol–water partition coefficient (Wildman–Crippen LogP) is 2.73. The molecule has 0 N–H and O–H groups in total. The number of ether oxygens (including phenoxy) is 1. The molecule has 5 heteroatoms. The highest BCUT2D eigenvalue weighted by Gasteiger charge is 2.15. The number of aromatic nitrogens is 1. The predicted molar refractivity (Wildman–Crippen MR) is 75.2 cm³/mol. The molecule has 1 aromatic heterocycles. The lowest BCUT2D eigenvalue weighted by atomic mass is 10.0. The first-order chi connectivity index (χ1) is 8.43. The molecule has 0 bridgehead atoms. The molecule has 0 saturated carbocycles. The topological polar surface area (TPSA) is 42.4 Å². The summed E-state index contributed by atoms with van der Waals surface area (Å²) in [6.07, 6.45) is 1.38. The number of carbonyl (C=O) groups excluding carboxylic acids is 1. The van der Waals surface area contributed by atoms with Crippen molar-refractivity contribution >= 4 is 22.4 Å². The van der Waals surface area contributed by atoms with Crippen molar-refractivity contribution in [3.05, 3.63) is 11.1 Å². The lowest BCUT2D eigenvalue weighted by molar-refractivity contribution is -0.139. The molecule has 0 aliphatic rings. The summed E-state index contributed by atoms with van der Waals surface area (Å²) in [7, 11) is 3.44. The molecule has 102 valence electrons. The first kappa shape index (κ1) is 15.0. The molecule has 0 radical (unpaired) electrons. The van der Waals surface area contributed by atoms with Crippen molar-refractivity contribution in [1.82, 2.24) is 4.98 Å². The molecule has 0 fully saturated rings. The van der Waals surface area contributed by atoms with Gasteiger partial charge in [0.05, 0.1) is 19.2 Å². The third-order valence-electron chi connectivity index (χ3n) is 2.87. The Labute approximate surface area is 113 Å². The maximum Gasteiger partial charge on any atom is 0.311 e. The summed E-state index contributed by atoms with van der Waals surface area (Å²) >= 11 is 1.57. The van der Waals surface area contributed by atoms with Gasteiger partial charge in [0, 0.05) is 18.5 Å². The van der Waals surface area contributed by atoms with Gasteiger partial charge in [-0.2, -0.15) is 0 Å². The van der Waals surface area contributed by atoms with Crippen LogP contribution in [0.2, 0.25) is 0 Å². The maximum absolute atomic E-state index is 11.2. The fourth-order valence-corrected chi connectivity index (χ4v) is 2.68. The molecule has 0 saturated heterocycles. The van der Waals surface area contributed by atoms with E-state index in [0.717, 1.165) is 17.2 Å². The van der Waals surface area contributed by atoms with Gasteiger partial charge in [0.2, 0.25) is 0 Å². The second-order valence-electron chi connectivity index (χ2n) is 4.96. The maximum atomic E-state index is 11.2. The third kappa shape index (κ3) is 4.29. The Bertz CT molecular complexity index is 390. The average Bonchev–Trinajstić information content (AvgIpc) is 2.75. The Morgan fingerprint density at radius 2 is 2.17 bits per heavy atom. The van der Waals surface area contributed by atoms with Gasteiger partial charge >= 0.3 is 5.97 Å². The van der Waals surface area contributed by atoms with Crippen molar-refractivity contribution in [2.24, 2.45) is 5.92 Å². The Hall–Kier alpha value is -1.10. The normalized spacial score (nSPS) is 12.6. The fourth-order valence-electron chi connectivity index (χ4n) is 1.79. The lowest BCUT2D eigenvalue weighted by Gasteiger charge is -2.25. The van der Waals surface area contributed by atoms with Gasteiger partial charge in [-0.1, -0.05) is 13.8 Å². The van der Waals surface area contributed by atoms with Crippen molar-refractivity contribution in [2.75, 3.05) is 19.1 Å². The zero-order valence-electron chi connectivity index (χ0n) is 11.8. The molecular weight excluding hydrogens is 248 g/mol. The zero-order valence-corrected chi connectivity index (χ0v) is 12.6. The summed E-state index contributed by atoms with van der Waals surface area (Å²) in [5.41, 5.74) is 0.783. The number of carbonyl (C=O) groups is 1. The van der Waals surface area contributed by atoms with E-state index in [1.165, 1.54) is 7.11 Å². The molecule has 1 atom stereocenters. The minimum absolute atomic E-state index is 0.246. The highest BCUT2D eigenvalue weighted by Crippen LogP contribution is 2.23. The monoisotopic (exact) mass is 270 g/mol. The molecule has 1 aromatic rings. The highest BCUT2D eigenvalue weighted by atomic mass is 32.1. The summed E-state index contributed by atoms with van der Waals surface area (Å²) in [6, 6.07) is 0.446. The van der Waals surface area contributed by atoms with Crippen molar-refractivity contribution in [1.29, 1.82) is 0 Å². The van der Waals surface area contributed by atoms with Gasteiger partial charge in [0.1, 0.15) is 0 Å². The Morgan fingerprint density at radius 3 is 2.72 bits per heavy atom. The van der Waals surface area contributed by atoms with Crippen LogP contribution in [0.5, 0.6) is 0 Å². The van der Waals surface area contributed by atoms with Crippen LogP contribution in [0.4, 0.5) is 5.13 Å². The number of methoxy groups -OCH3 is 1. The second-order valence-corrected chi connectivity index (χ2v) is 5.80. The number of esters is 1. The third-order valence-corrected chi connectivity index (χ3v) is 3.85. The molecule has 0 aromatic carbocycles. The van der Waals surface area contributed by atoms with E-state index in [4.69, 9.17) is 0 Å². The molecule has 0 spiro atoms. The van der Waals surface area contributed by atoms with E-state index in [1.54, 1.807) is 11.3 Å². The summed E-state index contributed by atoms with van der Waals surface area (Å²) in [6.45, 7) is 6.63. The summed E-state index contributed by atoms with van der Waals surface area (Å²) in [4.78, 5) is 17.8. The fraction of sp³-hybridized carbons (Fsp3) is 0.692. The molecule has 0 amide bonds. The Morgan fingerprint density at radius 1 is 1.50 bits per heavy atom. The molecule has 0 aliphatic carbocycles. The Kier molecular flexibility index (Phi) is 5.59. The summed E-state index contributed by atoms with van der Waals surface area (Å²) in [5, 5.41) is 2.88. The standard InChI is InChI=1S/C13H22N2O2S/c1-9(2)6-10(3)15(4)13-14-11(8-18-13)7-12(16)17-5/h8-10H,6-7H2,1-5H3. The van der Waals surface area contributed by atoms with Crippen LogP contribution in [-0.4, -0.2) is 31.2 Å². The van der Waals surface area contributed by atoms with Crippen LogP contribution in [0.1, 0.15) is 32.9 Å². The quantitative estimate of drug-likeness (QED) is 0.745. The molecule has 1 heterocycles. The molecule has 4 nitrogen and oxygen atoms in total. The number of hydrogen-bond donors (Lipinski definition) is 0. The van der Waals surface area contributed by atoms with Crippen LogP contribution in [0.15, 0.2) is 5.38 Å². The molecule has 0 aliphatic heterocycles. The molecular formula is C13H22N2O2S. The zero-order chi connectivity index (χ0) is 13.7. The van der Waals surface area contributed by atoms with Crippen LogP contribution in [0.3, 0.4) is 0 Å². The second kappa shape index (κ2) is 6.73. The van der Waals surface area contributed by atoms with Crippen molar-refractivity contribution in [2.45, 2.75) is 39.7 Å². The summed E-state index contributed by atoms with van der Waals surface area (Å²) in [5.74, 6) is 0.418. The number of nitrogens with zero attached hydrogens (tertiary/aromatic N) is 2. The van der Waals surface area contributed by atoms with Crippen molar-refractivity contribution in [3.8, 4) is 0 Å². The SMILES string of the molecule is COC(=O)Cc1csc(N(C)C(C)CC(C)C)n1. The number of anilines is 1. The number of rotatable bonds is 6. The van der Waals surface area contributed by atoms with Gasteiger partial charge in [-0.25, -0.2) is 4.98 Å². The van der Waals surface area contributed by atoms with Gasteiger partial charge in [-0.05, 0) is 19.3 Å². The van der Waals surface area contributed by atoms with Gasteiger partial charge in [0.25, 0.3) is 0 Å². The minimum Gasteiger partial charge on any atom is -0.469 e. The van der Waals surface area contributed by atoms with E-state index in [1.807, 2.05) is 12.4 Å². The van der Waals surface area contributed by atoms with E-state index < -0.39 is 0 Å². The minimum atomic E-state index is -0.246. The van der Waals surface area contributed by atoms with E-state index in [2.05, 4.69) is 35.4 Å².